The normalized spacial score (nSPS) is 15.0. The fourth-order valence-electron chi connectivity index (χ4n) is 1.45. The number of hydrogen-bond donors (Lipinski definition) is 0. The topological polar surface area (TPSA) is 54.5 Å². The number of sulfonamides is 1. The molecule has 1 heterocycles. The Labute approximate surface area is 110 Å². The van der Waals surface area contributed by atoms with Gasteiger partial charge in [-0.25, -0.2) is 12.7 Å². The second-order valence-corrected chi connectivity index (χ2v) is 5.21. The van der Waals surface area contributed by atoms with E-state index in [0.717, 1.165) is 9.87 Å². The Bertz CT molecular complexity index is 521. The summed E-state index contributed by atoms with van der Waals surface area (Å²) in [7, 11) is -2.30. The van der Waals surface area contributed by atoms with Gasteiger partial charge in [0.05, 0.1) is 5.56 Å². The number of rotatable bonds is 0. The lowest BCUT2D eigenvalue weighted by Gasteiger charge is -2.05. The van der Waals surface area contributed by atoms with Crippen LogP contribution >= 0.6 is 0 Å². The van der Waals surface area contributed by atoms with E-state index in [2.05, 4.69) is 0 Å². The molecule has 0 N–H and O–H groups in total. The summed E-state index contributed by atoms with van der Waals surface area (Å²) in [5.41, 5.74) is 1.09. The number of amides is 1. The van der Waals surface area contributed by atoms with Gasteiger partial charge in [0, 0.05) is 7.05 Å². The summed E-state index contributed by atoms with van der Waals surface area (Å²) >= 11 is 0. The van der Waals surface area contributed by atoms with E-state index in [1.54, 1.807) is 19.1 Å². The van der Waals surface area contributed by atoms with Crippen LogP contribution in [0.4, 0.5) is 0 Å². The summed E-state index contributed by atoms with van der Waals surface area (Å²) in [6.07, 6.45) is 0. The number of nitrogens with zero attached hydrogens (tertiary/aromatic N) is 1. The minimum Gasteiger partial charge on any atom is -0.268 e. The largest absolute Gasteiger partial charge is 0.268 e. The van der Waals surface area contributed by atoms with Crippen LogP contribution in [0.2, 0.25) is 0 Å². The van der Waals surface area contributed by atoms with E-state index in [4.69, 9.17) is 0 Å². The number of fused-ring (bicyclic) bond motifs is 1. The zero-order chi connectivity index (χ0) is 14.5. The molecule has 0 bridgehead atoms. The third-order valence-electron chi connectivity index (χ3n) is 2.29. The van der Waals surface area contributed by atoms with Crippen LogP contribution in [0.3, 0.4) is 0 Å². The molecule has 2 rings (SSSR count). The molecule has 0 saturated heterocycles. The summed E-state index contributed by atoms with van der Waals surface area (Å²) in [6, 6.07) is 4.80. The maximum atomic E-state index is 11.7. The quantitative estimate of drug-likeness (QED) is 0.729. The Balaban J connectivity index is 0.000000659. The van der Waals surface area contributed by atoms with Crippen molar-refractivity contribution in [2.24, 2.45) is 0 Å². The van der Waals surface area contributed by atoms with E-state index in [1.807, 2.05) is 27.7 Å². The second kappa shape index (κ2) is 6.54. The maximum Gasteiger partial charge on any atom is 0.268 e. The van der Waals surface area contributed by atoms with Gasteiger partial charge in [-0.1, -0.05) is 33.8 Å². The SMILES string of the molecule is CC.CC.Cc1ccc2c(c1)S(=O)(=O)N(C)C2=O. The molecule has 0 aromatic heterocycles. The number of benzene rings is 1. The van der Waals surface area contributed by atoms with Crippen molar-refractivity contribution in [2.45, 2.75) is 39.5 Å². The van der Waals surface area contributed by atoms with Crippen molar-refractivity contribution >= 4 is 15.9 Å². The lowest BCUT2D eigenvalue weighted by atomic mass is 10.1. The lowest BCUT2D eigenvalue weighted by Crippen LogP contribution is -2.24. The van der Waals surface area contributed by atoms with Gasteiger partial charge in [-0.3, -0.25) is 4.79 Å². The van der Waals surface area contributed by atoms with Crippen LogP contribution < -0.4 is 0 Å². The molecule has 0 saturated carbocycles. The summed E-state index contributed by atoms with van der Waals surface area (Å²) in [5.74, 6) is -0.458. The number of aryl methyl sites for hydroxylation is 1. The van der Waals surface area contributed by atoms with E-state index in [-0.39, 0.29) is 10.5 Å². The van der Waals surface area contributed by atoms with Crippen molar-refractivity contribution in [3.05, 3.63) is 29.3 Å². The van der Waals surface area contributed by atoms with E-state index in [0.29, 0.717) is 0 Å². The molecule has 0 aliphatic carbocycles. The van der Waals surface area contributed by atoms with Crippen molar-refractivity contribution in [3.8, 4) is 0 Å². The minimum atomic E-state index is -3.57. The van der Waals surface area contributed by atoms with Gasteiger partial charge < -0.3 is 0 Å². The molecule has 1 aliphatic rings. The number of hydrogen-bond acceptors (Lipinski definition) is 3. The van der Waals surface area contributed by atoms with Gasteiger partial charge in [-0.15, -0.1) is 0 Å². The minimum absolute atomic E-state index is 0.116. The van der Waals surface area contributed by atoms with Gasteiger partial charge in [0.15, 0.2) is 0 Å². The van der Waals surface area contributed by atoms with Gasteiger partial charge >= 0.3 is 0 Å². The molecular weight excluding hydrogens is 250 g/mol. The van der Waals surface area contributed by atoms with Crippen LogP contribution in [0.15, 0.2) is 23.1 Å². The highest BCUT2D eigenvalue weighted by atomic mass is 32.2. The highest BCUT2D eigenvalue weighted by molar-refractivity contribution is 7.90. The van der Waals surface area contributed by atoms with Gasteiger partial charge in [-0.2, -0.15) is 0 Å². The summed E-state index contributed by atoms with van der Waals surface area (Å²) < 4.78 is 24.1. The first kappa shape index (κ1) is 16.6. The average molecular weight is 271 g/mol. The number of carbonyl (C=O) groups excluding carboxylic acids is 1. The van der Waals surface area contributed by atoms with Crippen LogP contribution in [0, 0.1) is 6.92 Å². The van der Waals surface area contributed by atoms with Crippen molar-refractivity contribution in [1.82, 2.24) is 4.31 Å². The van der Waals surface area contributed by atoms with Crippen LogP contribution in [0.5, 0.6) is 0 Å². The molecule has 1 aromatic carbocycles. The molecule has 18 heavy (non-hydrogen) atoms. The first-order valence-corrected chi connectivity index (χ1v) is 7.52. The molecular formula is C13H21NO3S. The highest BCUT2D eigenvalue weighted by Crippen LogP contribution is 2.29. The molecule has 0 radical (unpaired) electrons. The predicted octanol–water partition coefficient (Wildman–Crippen LogP) is 2.82. The molecule has 102 valence electrons. The van der Waals surface area contributed by atoms with E-state index in [9.17, 15) is 13.2 Å². The Morgan fingerprint density at radius 3 is 2.06 bits per heavy atom. The van der Waals surface area contributed by atoms with Gasteiger partial charge in [0.2, 0.25) is 0 Å². The Kier molecular flexibility index (Phi) is 6.05. The Morgan fingerprint density at radius 2 is 1.56 bits per heavy atom. The Morgan fingerprint density at radius 1 is 1.06 bits per heavy atom. The fourth-order valence-corrected chi connectivity index (χ4v) is 2.83. The van der Waals surface area contributed by atoms with Gasteiger partial charge in [0.1, 0.15) is 4.90 Å². The zero-order valence-electron chi connectivity index (χ0n) is 11.8. The zero-order valence-corrected chi connectivity index (χ0v) is 12.6. The molecule has 1 aromatic rings. The molecule has 0 atom stereocenters. The van der Waals surface area contributed by atoms with E-state index in [1.165, 1.54) is 13.1 Å². The molecule has 1 amide bonds. The third kappa shape index (κ3) is 2.72. The van der Waals surface area contributed by atoms with Crippen molar-refractivity contribution in [3.63, 3.8) is 0 Å². The summed E-state index contributed by atoms with van der Waals surface area (Å²) in [5, 5.41) is 0. The van der Waals surface area contributed by atoms with E-state index < -0.39 is 15.9 Å². The van der Waals surface area contributed by atoms with Crippen LogP contribution in [0.25, 0.3) is 0 Å². The van der Waals surface area contributed by atoms with Crippen molar-refractivity contribution < 1.29 is 13.2 Å². The third-order valence-corrected chi connectivity index (χ3v) is 4.07. The lowest BCUT2D eigenvalue weighted by molar-refractivity contribution is 0.0891. The standard InChI is InChI=1S/C9H9NO3S.2C2H6/c1-6-3-4-7-8(5-6)14(12,13)10(2)9(7)11;2*1-2/h3-5H,1-2H3;2*1-2H3. The number of carbonyl (C=O) groups is 1. The highest BCUT2D eigenvalue weighted by Gasteiger charge is 2.38. The van der Waals surface area contributed by atoms with Crippen molar-refractivity contribution in [1.29, 1.82) is 0 Å². The molecule has 4 nitrogen and oxygen atoms in total. The second-order valence-electron chi connectivity index (χ2n) is 3.28. The van der Waals surface area contributed by atoms with Gasteiger partial charge in [0.25, 0.3) is 15.9 Å². The van der Waals surface area contributed by atoms with Gasteiger partial charge in [-0.05, 0) is 24.6 Å². The molecule has 0 fully saturated rings. The van der Waals surface area contributed by atoms with Crippen LogP contribution in [-0.4, -0.2) is 25.7 Å². The monoisotopic (exact) mass is 271 g/mol. The average Bonchev–Trinajstić information content (AvgIpc) is 2.56. The smallest absolute Gasteiger partial charge is 0.268 e. The molecule has 1 aliphatic heterocycles. The molecule has 0 spiro atoms. The van der Waals surface area contributed by atoms with Crippen LogP contribution in [-0.2, 0) is 10.0 Å². The van der Waals surface area contributed by atoms with Crippen molar-refractivity contribution in [2.75, 3.05) is 7.05 Å². The predicted molar refractivity (Wildman–Crippen MR) is 73.2 cm³/mol. The fraction of sp³-hybridized carbons (Fsp3) is 0.462. The van der Waals surface area contributed by atoms with Crippen LogP contribution in [0.1, 0.15) is 43.6 Å². The Hall–Kier alpha value is -1.36. The molecule has 0 unspecified atom stereocenters. The first-order valence-electron chi connectivity index (χ1n) is 6.08. The first-order chi connectivity index (χ1) is 8.44. The maximum absolute atomic E-state index is 11.7. The summed E-state index contributed by atoms with van der Waals surface area (Å²) in [4.78, 5) is 11.6. The summed E-state index contributed by atoms with van der Waals surface area (Å²) in [6.45, 7) is 9.79. The molecule has 5 heteroatoms. The van der Waals surface area contributed by atoms with E-state index >= 15 is 0 Å².